The summed E-state index contributed by atoms with van der Waals surface area (Å²) < 4.78 is 1.57. The van der Waals surface area contributed by atoms with Crippen molar-refractivity contribution >= 4 is 16.7 Å². The summed E-state index contributed by atoms with van der Waals surface area (Å²) in [6.45, 7) is 5.47. The molecule has 0 aliphatic heterocycles. The lowest BCUT2D eigenvalue weighted by atomic mass is 10.1. The number of carbonyl (C=O) groups excluding carboxylic acids is 1. The molecule has 1 heterocycles. The van der Waals surface area contributed by atoms with Crippen molar-refractivity contribution in [1.29, 1.82) is 0 Å². The third kappa shape index (κ3) is 3.93. The van der Waals surface area contributed by atoms with E-state index in [4.69, 9.17) is 0 Å². The number of nitrogens with one attached hydrogen (secondary N) is 2. The molecular weight excluding hydrogens is 338 g/mol. The average molecular weight is 364 g/mol. The van der Waals surface area contributed by atoms with Gasteiger partial charge in [0.05, 0.1) is 32.7 Å². The second kappa shape index (κ2) is 7.76. The topological polar surface area (TPSA) is 55.5 Å². The number of nitrogens with zero attached hydrogens (tertiary/aromatic N) is 1. The molecule has 140 valence electrons. The Hall–Kier alpha value is -2.92. The normalized spacial score (nSPS) is 11.1. The van der Waals surface area contributed by atoms with Crippen LogP contribution >= 0.6 is 0 Å². The Bertz CT molecular complexity index is 1050. The lowest BCUT2D eigenvalue weighted by molar-refractivity contribution is -0.856. The zero-order valence-electron chi connectivity index (χ0n) is 16.3. The number of hydrogen-bond donors (Lipinski definition) is 2. The number of aromatic nitrogens is 1. The molecule has 3 aromatic rings. The largest absolute Gasteiger partial charge is 0.346 e. The van der Waals surface area contributed by atoms with Crippen LogP contribution in [0.5, 0.6) is 0 Å². The third-order valence-corrected chi connectivity index (χ3v) is 4.85. The Labute approximate surface area is 159 Å². The summed E-state index contributed by atoms with van der Waals surface area (Å²) in [5, 5.41) is 4.19. The predicted molar refractivity (Wildman–Crippen MR) is 109 cm³/mol. The molecule has 5 heteroatoms. The highest BCUT2D eigenvalue weighted by molar-refractivity contribution is 6.06. The van der Waals surface area contributed by atoms with E-state index in [2.05, 4.69) is 5.32 Å². The Morgan fingerprint density at radius 3 is 2.41 bits per heavy atom. The molecule has 1 aromatic heterocycles. The fraction of sp³-hybridized carbons (Fsp3) is 0.273. The number of hydrogen-bond acceptors (Lipinski definition) is 2. The minimum atomic E-state index is -0.162. The van der Waals surface area contributed by atoms with E-state index in [1.807, 2.05) is 64.3 Å². The van der Waals surface area contributed by atoms with E-state index in [0.29, 0.717) is 22.9 Å². The molecule has 3 rings (SSSR count). The van der Waals surface area contributed by atoms with Gasteiger partial charge in [0.25, 0.3) is 11.5 Å². The lowest BCUT2D eigenvalue weighted by Crippen LogP contribution is -3.06. The first-order valence-electron chi connectivity index (χ1n) is 9.17. The first kappa shape index (κ1) is 18.9. The van der Waals surface area contributed by atoms with Crippen molar-refractivity contribution in [1.82, 2.24) is 9.88 Å². The van der Waals surface area contributed by atoms with Crippen LogP contribution in [0.25, 0.3) is 16.5 Å². The second-order valence-corrected chi connectivity index (χ2v) is 7.25. The van der Waals surface area contributed by atoms with Gasteiger partial charge in [0, 0.05) is 22.7 Å². The number of likely N-dealkylation sites (N-methyl/N-ethyl adjacent to an activating group) is 1. The first-order chi connectivity index (χ1) is 12.9. The Balaban J connectivity index is 2.13. The van der Waals surface area contributed by atoms with Gasteiger partial charge in [0.15, 0.2) is 0 Å². The Morgan fingerprint density at radius 1 is 1.04 bits per heavy atom. The van der Waals surface area contributed by atoms with Gasteiger partial charge < -0.3 is 10.2 Å². The van der Waals surface area contributed by atoms with E-state index in [9.17, 15) is 9.59 Å². The standard InChI is InChI=1S/C22H25N3O2/c1-15-9-10-17(13-16(15)2)25-14-20(21(26)23-11-12-24(3)4)18-7-5-6-8-19(18)22(25)27/h5-10,13-14H,11-12H2,1-4H3,(H,23,26)/p+1. The predicted octanol–water partition coefficient (Wildman–Crippen LogP) is 1.48. The number of pyridine rings is 1. The van der Waals surface area contributed by atoms with Crippen LogP contribution in [0.15, 0.2) is 53.5 Å². The molecule has 0 fully saturated rings. The van der Waals surface area contributed by atoms with Crippen molar-refractivity contribution in [2.45, 2.75) is 13.8 Å². The summed E-state index contributed by atoms with van der Waals surface area (Å²) in [6, 6.07) is 13.2. The fourth-order valence-corrected chi connectivity index (χ4v) is 3.06. The maximum absolute atomic E-state index is 13.0. The van der Waals surface area contributed by atoms with Crippen LogP contribution in [-0.2, 0) is 0 Å². The Kier molecular flexibility index (Phi) is 5.42. The summed E-state index contributed by atoms with van der Waals surface area (Å²) in [4.78, 5) is 27.1. The number of fused-ring (bicyclic) bond motifs is 1. The van der Waals surface area contributed by atoms with E-state index < -0.39 is 0 Å². The third-order valence-electron chi connectivity index (χ3n) is 4.85. The van der Waals surface area contributed by atoms with Gasteiger partial charge in [0.2, 0.25) is 0 Å². The Morgan fingerprint density at radius 2 is 1.74 bits per heavy atom. The van der Waals surface area contributed by atoms with E-state index in [1.54, 1.807) is 16.8 Å². The molecule has 0 atom stereocenters. The maximum atomic E-state index is 13.0. The van der Waals surface area contributed by atoms with Gasteiger partial charge >= 0.3 is 0 Å². The molecule has 5 nitrogen and oxygen atoms in total. The van der Waals surface area contributed by atoms with Crippen molar-refractivity contribution in [3.63, 3.8) is 0 Å². The summed E-state index contributed by atoms with van der Waals surface area (Å²) >= 11 is 0. The van der Waals surface area contributed by atoms with Gasteiger partial charge in [-0.15, -0.1) is 0 Å². The zero-order chi connectivity index (χ0) is 19.6. The molecule has 0 aliphatic carbocycles. The van der Waals surface area contributed by atoms with Crippen LogP contribution in [0, 0.1) is 13.8 Å². The van der Waals surface area contributed by atoms with Crippen molar-refractivity contribution < 1.29 is 9.69 Å². The van der Waals surface area contributed by atoms with Gasteiger partial charge in [-0.25, -0.2) is 0 Å². The van der Waals surface area contributed by atoms with Gasteiger partial charge in [-0.1, -0.05) is 24.3 Å². The fourth-order valence-electron chi connectivity index (χ4n) is 3.06. The molecule has 0 bridgehead atoms. The van der Waals surface area contributed by atoms with Gasteiger partial charge in [-0.05, 0) is 43.2 Å². The molecule has 2 aromatic carbocycles. The summed E-state index contributed by atoms with van der Waals surface area (Å²) in [5.41, 5.74) is 3.42. The minimum absolute atomic E-state index is 0.122. The smallest absolute Gasteiger partial charge is 0.262 e. The number of benzene rings is 2. The van der Waals surface area contributed by atoms with Crippen molar-refractivity contribution in [3.8, 4) is 5.69 Å². The van der Waals surface area contributed by atoms with Crippen LogP contribution in [0.1, 0.15) is 21.5 Å². The van der Waals surface area contributed by atoms with Crippen LogP contribution in [-0.4, -0.2) is 37.7 Å². The highest BCUT2D eigenvalue weighted by Crippen LogP contribution is 2.19. The molecule has 0 aliphatic rings. The molecule has 27 heavy (non-hydrogen) atoms. The quantitative estimate of drug-likeness (QED) is 0.721. The highest BCUT2D eigenvalue weighted by atomic mass is 16.2. The van der Waals surface area contributed by atoms with Crippen LogP contribution in [0.3, 0.4) is 0 Å². The lowest BCUT2D eigenvalue weighted by Gasteiger charge is -2.14. The molecule has 2 N–H and O–H groups in total. The summed E-state index contributed by atoms with van der Waals surface area (Å²) in [7, 11) is 4.09. The molecule has 1 amide bonds. The minimum Gasteiger partial charge on any atom is -0.346 e. The molecule has 0 saturated heterocycles. The van der Waals surface area contributed by atoms with Crippen molar-refractivity contribution in [2.75, 3.05) is 27.2 Å². The molecule has 0 radical (unpaired) electrons. The van der Waals surface area contributed by atoms with Gasteiger partial charge in [-0.3, -0.25) is 14.2 Å². The van der Waals surface area contributed by atoms with Crippen LogP contribution in [0.4, 0.5) is 0 Å². The number of aryl methyl sites for hydroxylation is 2. The van der Waals surface area contributed by atoms with E-state index in [-0.39, 0.29) is 11.5 Å². The number of amides is 1. The molecule has 0 unspecified atom stereocenters. The van der Waals surface area contributed by atoms with Gasteiger partial charge in [0.1, 0.15) is 0 Å². The molecular formula is C22H26N3O2+. The van der Waals surface area contributed by atoms with Crippen LogP contribution in [0.2, 0.25) is 0 Å². The van der Waals surface area contributed by atoms with E-state index >= 15 is 0 Å². The number of rotatable bonds is 5. The first-order valence-corrected chi connectivity index (χ1v) is 9.17. The van der Waals surface area contributed by atoms with Crippen molar-refractivity contribution in [2.24, 2.45) is 0 Å². The highest BCUT2D eigenvalue weighted by Gasteiger charge is 2.15. The second-order valence-electron chi connectivity index (χ2n) is 7.25. The van der Waals surface area contributed by atoms with Gasteiger partial charge in [-0.2, -0.15) is 0 Å². The number of quaternary nitrogens is 1. The summed E-state index contributed by atoms with van der Waals surface area (Å²) in [6.07, 6.45) is 1.66. The van der Waals surface area contributed by atoms with E-state index in [1.165, 1.54) is 4.90 Å². The van der Waals surface area contributed by atoms with Crippen LogP contribution < -0.4 is 15.8 Å². The molecule has 0 saturated carbocycles. The zero-order valence-corrected chi connectivity index (χ0v) is 16.3. The average Bonchev–Trinajstić information content (AvgIpc) is 2.64. The summed E-state index contributed by atoms with van der Waals surface area (Å²) in [5.74, 6) is -0.162. The maximum Gasteiger partial charge on any atom is 0.262 e. The van der Waals surface area contributed by atoms with Crippen molar-refractivity contribution in [3.05, 3.63) is 75.7 Å². The monoisotopic (exact) mass is 364 g/mol. The number of carbonyl (C=O) groups is 1. The van der Waals surface area contributed by atoms with E-state index in [0.717, 1.165) is 23.4 Å². The molecule has 0 spiro atoms. The SMILES string of the molecule is Cc1ccc(-n2cc(C(=O)NCC[NH+](C)C)c3ccccc3c2=O)cc1C.